The Hall–Kier alpha value is -0.100. The summed E-state index contributed by atoms with van der Waals surface area (Å²) in [7, 11) is -3.52. The zero-order valence-corrected chi connectivity index (χ0v) is 18.1. The van der Waals surface area contributed by atoms with Crippen molar-refractivity contribution >= 4 is 62.9 Å². The number of hydrogen-bond acceptors (Lipinski definition) is 4. The zero-order valence-electron chi connectivity index (χ0n) is 13.3. The monoisotopic (exact) mass is 506 g/mol. The van der Waals surface area contributed by atoms with Gasteiger partial charge in [-0.15, -0.1) is 35.3 Å². The number of nitrogens with zero attached hydrogens (tertiary/aromatic N) is 1. The van der Waals surface area contributed by atoms with Crippen LogP contribution in [0.5, 0.6) is 0 Å². The molecule has 0 bridgehead atoms. The first-order chi connectivity index (χ1) is 11.0. The van der Waals surface area contributed by atoms with Crippen LogP contribution in [-0.2, 0) is 10.0 Å². The number of halogens is 2. The van der Waals surface area contributed by atoms with Gasteiger partial charge in [-0.1, -0.05) is 37.3 Å². The Kier molecular flexibility index (Phi) is 9.87. The van der Waals surface area contributed by atoms with Gasteiger partial charge in [0.2, 0.25) is 10.0 Å². The van der Waals surface area contributed by atoms with Gasteiger partial charge in [0, 0.05) is 12.6 Å². The van der Waals surface area contributed by atoms with Gasteiger partial charge in [0.15, 0.2) is 5.96 Å². The second-order valence-corrected chi connectivity index (χ2v) is 9.26. The molecule has 0 amide bonds. The maximum Gasteiger partial charge on any atom is 0.250 e. The maximum absolute atomic E-state index is 12.0. The fourth-order valence-electron chi connectivity index (χ4n) is 2.55. The van der Waals surface area contributed by atoms with Crippen LogP contribution in [0.25, 0.3) is 0 Å². The van der Waals surface area contributed by atoms with E-state index < -0.39 is 10.0 Å². The summed E-state index contributed by atoms with van der Waals surface area (Å²) in [5.41, 5.74) is 5.87. The molecule has 0 aromatic carbocycles. The van der Waals surface area contributed by atoms with Crippen molar-refractivity contribution in [3.05, 3.63) is 16.5 Å². The molecule has 1 aromatic heterocycles. The van der Waals surface area contributed by atoms with Gasteiger partial charge in [0.25, 0.3) is 0 Å². The highest BCUT2D eigenvalue weighted by atomic mass is 127. The predicted octanol–water partition coefficient (Wildman–Crippen LogP) is 2.92. The van der Waals surface area contributed by atoms with Crippen molar-refractivity contribution in [1.82, 2.24) is 10.0 Å². The van der Waals surface area contributed by atoms with Crippen LogP contribution in [0.3, 0.4) is 0 Å². The molecule has 0 unspecified atom stereocenters. The van der Waals surface area contributed by atoms with Gasteiger partial charge in [0.1, 0.15) is 4.21 Å². The molecule has 2 rings (SSSR count). The highest BCUT2D eigenvalue weighted by molar-refractivity contribution is 14.0. The van der Waals surface area contributed by atoms with Crippen LogP contribution in [0.2, 0.25) is 4.34 Å². The van der Waals surface area contributed by atoms with Crippen molar-refractivity contribution in [2.45, 2.75) is 48.8 Å². The van der Waals surface area contributed by atoms with Crippen molar-refractivity contribution in [2.75, 3.05) is 13.1 Å². The van der Waals surface area contributed by atoms with Crippen LogP contribution in [-0.4, -0.2) is 33.5 Å². The van der Waals surface area contributed by atoms with Crippen molar-refractivity contribution in [3.63, 3.8) is 0 Å². The zero-order chi connectivity index (χ0) is 16.7. The number of nitrogens with one attached hydrogen (secondary N) is 2. The summed E-state index contributed by atoms with van der Waals surface area (Å²) < 4.78 is 27.1. The number of nitrogens with two attached hydrogens (primary N) is 1. The minimum Gasteiger partial charge on any atom is -0.370 e. The highest BCUT2D eigenvalue weighted by Gasteiger charge is 2.16. The van der Waals surface area contributed by atoms with Crippen LogP contribution in [0.1, 0.15) is 38.5 Å². The average Bonchev–Trinajstić information content (AvgIpc) is 2.79. The molecule has 1 aliphatic carbocycles. The van der Waals surface area contributed by atoms with Crippen LogP contribution in [0.15, 0.2) is 21.3 Å². The molecule has 0 aliphatic heterocycles. The standard InChI is InChI=1S/C14H23ClN4O2S2.HI/c15-12-7-8-13(22-12)23(20,21)18-10-9-17-14(16)19-11-5-3-1-2-4-6-11;/h7-8,11,18H,1-6,9-10H2,(H3,16,17,19);1H. The smallest absolute Gasteiger partial charge is 0.250 e. The second kappa shape index (κ2) is 10.8. The van der Waals surface area contributed by atoms with E-state index in [1.165, 1.54) is 31.7 Å². The number of rotatable bonds is 6. The summed E-state index contributed by atoms with van der Waals surface area (Å²) in [5, 5.41) is 3.23. The summed E-state index contributed by atoms with van der Waals surface area (Å²) in [5.74, 6) is 0.385. The van der Waals surface area contributed by atoms with Crippen molar-refractivity contribution in [1.29, 1.82) is 0 Å². The van der Waals surface area contributed by atoms with Gasteiger partial charge >= 0.3 is 0 Å². The summed E-state index contributed by atoms with van der Waals surface area (Å²) >= 11 is 6.78. The molecule has 138 valence electrons. The molecular formula is C14H24ClIN4O2S2. The number of aliphatic imine (C=N–C) groups is 1. The molecule has 6 nitrogen and oxygen atoms in total. The summed E-state index contributed by atoms with van der Waals surface area (Å²) in [6.45, 7) is 0.495. The number of hydrogen-bond donors (Lipinski definition) is 3. The molecule has 4 N–H and O–H groups in total. The number of thiophene rings is 1. The lowest BCUT2D eigenvalue weighted by molar-refractivity contribution is 0.530. The lowest BCUT2D eigenvalue weighted by atomic mass is 10.1. The summed E-state index contributed by atoms with van der Waals surface area (Å²) in [4.78, 5) is 4.18. The van der Waals surface area contributed by atoms with E-state index in [4.69, 9.17) is 17.3 Å². The Morgan fingerprint density at radius 1 is 1.29 bits per heavy atom. The first-order valence-electron chi connectivity index (χ1n) is 7.79. The van der Waals surface area contributed by atoms with Crippen molar-refractivity contribution in [3.8, 4) is 0 Å². The SMILES string of the molecule is I.NC(=NCCNS(=O)(=O)c1ccc(Cl)s1)NC1CCCCCC1. The molecule has 0 spiro atoms. The first-order valence-corrected chi connectivity index (χ1v) is 10.5. The van der Waals surface area contributed by atoms with Crippen LogP contribution in [0.4, 0.5) is 0 Å². The largest absolute Gasteiger partial charge is 0.370 e. The normalized spacial score (nSPS) is 17.1. The van der Waals surface area contributed by atoms with E-state index in [1.807, 2.05) is 0 Å². The molecule has 1 saturated carbocycles. The molecule has 0 saturated heterocycles. The van der Waals surface area contributed by atoms with Gasteiger partial charge < -0.3 is 11.1 Å². The summed E-state index contributed by atoms with van der Waals surface area (Å²) in [6, 6.07) is 3.43. The fourth-order valence-corrected chi connectivity index (χ4v) is 5.10. The number of sulfonamides is 1. The maximum atomic E-state index is 12.0. The van der Waals surface area contributed by atoms with E-state index in [0.717, 1.165) is 24.2 Å². The Balaban J connectivity index is 0.00000288. The third kappa shape index (κ3) is 7.42. The molecule has 1 aliphatic rings. The van der Waals surface area contributed by atoms with Crippen LogP contribution >= 0.6 is 46.9 Å². The molecule has 1 heterocycles. The lowest BCUT2D eigenvalue weighted by Gasteiger charge is -2.16. The van der Waals surface area contributed by atoms with E-state index in [2.05, 4.69) is 15.0 Å². The van der Waals surface area contributed by atoms with E-state index in [1.54, 1.807) is 6.07 Å². The highest BCUT2D eigenvalue weighted by Crippen LogP contribution is 2.25. The van der Waals surface area contributed by atoms with Gasteiger partial charge in [-0.3, -0.25) is 4.99 Å². The second-order valence-electron chi connectivity index (χ2n) is 5.56. The summed E-state index contributed by atoms with van der Waals surface area (Å²) in [6.07, 6.45) is 7.22. The molecule has 0 radical (unpaired) electrons. The third-order valence-corrected chi connectivity index (χ3v) is 6.89. The van der Waals surface area contributed by atoms with Crippen molar-refractivity contribution < 1.29 is 8.42 Å². The lowest BCUT2D eigenvalue weighted by Crippen LogP contribution is -2.40. The van der Waals surface area contributed by atoms with Gasteiger partial charge in [-0.05, 0) is 25.0 Å². The molecule has 0 atom stereocenters. The minimum absolute atomic E-state index is 0. The van der Waals surface area contributed by atoms with Gasteiger partial charge in [-0.25, -0.2) is 13.1 Å². The quantitative estimate of drug-likeness (QED) is 0.182. The minimum atomic E-state index is -3.52. The molecule has 1 aromatic rings. The molecule has 1 fully saturated rings. The third-order valence-electron chi connectivity index (χ3n) is 3.71. The number of guanidine groups is 1. The Morgan fingerprint density at radius 3 is 2.54 bits per heavy atom. The Morgan fingerprint density at radius 2 is 1.96 bits per heavy atom. The first kappa shape index (κ1) is 21.9. The van der Waals surface area contributed by atoms with E-state index >= 15 is 0 Å². The Labute approximate surface area is 169 Å². The van der Waals surface area contributed by atoms with Crippen LogP contribution in [0, 0.1) is 0 Å². The predicted molar refractivity (Wildman–Crippen MR) is 111 cm³/mol. The average molecular weight is 507 g/mol. The molecule has 10 heteroatoms. The Bertz CT molecular complexity index is 628. The fraction of sp³-hybridized carbons (Fsp3) is 0.643. The van der Waals surface area contributed by atoms with Crippen molar-refractivity contribution in [2.24, 2.45) is 10.7 Å². The molecule has 24 heavy (non-hydrogen) atoms. The van der Waals surface area contributed by atoms with E-state index in [0.29, 0.717) is 22.9 Å². The van der Waals surface area contributed by atoms with Gasteiger partial charge in [-0.2, -0.15) is 0 Å². The topological polar surface area (TPSA) is 96.6 Å². The van der Waals surface area contributed by atoms with E-state index in [9.17, 15) is 8.42 Å². The van der Waals surface area contributed by atoms with E-state index in [-0.39, 0.29) is 34.7 Å². The van der Waals surface area contributed by atoms with Gasteiger partial charge in [0.05, 0.1) is 10.9 Å². The van der Waals surface area contributed by atoms with Crippen LogP contribution < -0.4 is 15.8 Å². The molecular weight excluding hydrogens is 483 g/mol.